The molecule has 186 valence electrons. The van der Waals surface area contributed by atoms with Gasteiger partial charge in [-0.25, -0.2) is 0 Å². The summed E-state index contributed by atoms with van der Waals surface area (Å²) in [7, 11) is 1.57. The van der Waals surface area contributed by atoms with Gasteiger partial charge in [-0.3, -0.25) is 4.79 Å². The van der Waals surface area contributed by atoms with E-state index in [-0.39, 0.29) is 5.57 Å². The van der Waals surface area contributed by atoms with E-state index in [1.165, 1.54) is 6.08 Å². The second-order valence-electron chi connectivity index (χ2n) is 8.04. The molecule has 0 radical (unpaired) electrons. The summed E-state index contributed by atoms with van der Waals surface area (Å²) in [5.41, 5.74) is 2.27. The Morgan fingerprint density at radius 3 is 2.51 bits per heavy atom. The molecule has 37 heavy (non-hydrogen) atoms. The summed E-state index contributed by atoms with van der Waals surface area (Å²) in [4.78, 5) is 12.7. The fourth-order valence-corrected chi connectivity index (χ4v) is 4.61. The van der Waals surface area contributed by atoms with Crippen LogP contribution in [-0.4, -0.2) is 19.6 Å². The van der Waals surface area contributed by atoms with Crippen LogP contribution >= 0.6 is 22.6 Å². The zero-order chi connectivity index (χ0) is 26.2. The first kappa shape index (κ1) is 26.0. The monoisotopic (exact) mass is 604 g/mol. The molecule has 0 bridgehead atoms. The van der Waals surface area contributed by atoms with Crippen molar-refractivity contribution in [1.82, 2.24) is 0 Å². The van der Waals surface area contributed by atoms with Crippen LogP contribution in [0.4, 0.5) is 5.69 Å². The second-order valence-corrected chi connectivity index (χ2v) is 9.20. The van der Waals surface area contributed by atoms with Gasteiger partial charge in [-0.05, 0) is 93.9 Å². The SMILES string of the molecule is CCOc1cc(C=C(C#N)C(=O)Nc2ccc(OC)cc2)cc(I)c1OCc1cccc2ccccc12. The number of fused-ring (bicyclic) bond motifs is 1. The smallest absolute Gasteiger partial charge is 0.266 e. The summed E-state index contributed by atoms with van der Waals surface area (Å²) < 4.78 is 18.1. The van der Waals surface area contributed by atoms with Crippen molar-refractivity contribution in [3.05, 3.63) is 99.1 Å². The second kappa shape index (κ2) is 12.3. The number of amides is 1. The van der Waals surface area contributed by atoms with E-state index in [0.717, 1.165) is 19.9 Å². The first-order chi connectivity index (χ1) is 18.0. The number of hydrogen-bond donors (Lipinski definition) is 1. The van der Waals surface area contributed by atoms with Crippen molar-refractivity contribution in [2.45, 2.75) is 13.5 Å². The molecule has 7 heteroatoms. The lowest BCUT2D eigenvalue weighted by Gasteiger charge is -2.16. The minimum Gasteiger partial charge on any atom is -0.497 e. The molecule has 4 rings (SSSR count). The molecule has 4 aromatic rings. The first-order valence-electron chi connectivity index (χ1n) is 11.7. The lowest BCUT2D eigenvalue weighted by molar-refractivity contribution is -0.112. The van der Waals surface area contributed by atoms with Gasteiger partial charge in [-0.1, -0.05) is 42.5 Å². The van der Waals surface area contributed by atoms with E-state index in [9.17, 15) is 10.1 Å². The van der Waals surface area contributed by atoms with Crippen LogP contribution in [0.25, 0.3) is 16.8 Å². The molecule has 0 unspecified atom stereocenters. The lowest BCUT2D eigenvalue weighted by Crippen LogP contribution is -2.13. The molecule has 0 aliphatic rings. The Balaban J connectivity index is 1.57. The highest BCUT2D eigenvalue weighted by Crippen LogP contribution is 2.36. The van der Waals surface area contributed by atoms with Gasteiger partial charge < -0.3 is 19.5 Å². The van der Waals surface area contributed by atoms with E-state index < -0.39 is 5.91 Å². The van der Waals surface area contributed by atoms with E-state index >= 15 is 0 Å². The van der Waals surface area contributed by atoms with Crippen molar-refractivity contribution in [1.29, 1.82) is 5.26 Å². The third kappa shape index (κ3) is 6.40. The molecule has 6 nitrogen and oxygen atoms in total. The summed E-state index contributed by atoms with van der Waals surface area (Å²) in [6.07, 6.45) is 1.54. The van der Waals surface area contributed by atoms with Crippen LogP contribution in [0.1, 0.15) is 18.1 Å². The molecule has 0 spiro atoms. The van der Waals surface area contributed by atoms with Crippen LogP contribution in [-0.2, 0) is 11.4 Å². The number of ether oxygens (including phenoxy) is 3. The topological polar surface area (TPSA) is 80.6 Å². The summed E-state index contributed by atoms with van der Waals surface area (Å²) >= 11 is 2.18. The Labute approximate surface area is 229 Å². The summed E-state index contributed by atoms with van der Waals surface area (Å²) in [5, 5.41) is 14.7. The summed E-state index contributed by atoms with van der Waals surface area (Å²) in [6.45, 7) is 2.71. The summed E-state index contributed by atoms with van der Waals surface area (Å²) in [6, 6.07) is 26.9. The minimum atomic E-state index is -0.503. The Morgan fingerprint density at radius 2 is 1.78 bits per heavy atom. The molecule has 0 heterocycles. The van der Waals surface area contributed by atoms with Crippen LogP contribution in [0.3, 0.4) is 0 Å². The fraction of sp³-hybridized carbons (Fsp3) is 0.133. The maximum Gasteiger partial charge on any atom is 0.266 e. The van der Waals surface area contributed by atoms with Gasteiger partial charge in [-0.15, -0.1) is 0 Å². The Morgan fingerprint density at radius 1 is 1.03 bits per heavy atom. The third-order valence-corrected chi connectivity index (χ3v) is 6.41. The van der Waals surface area contributed by atoms with Crippen LogP contribution in [0.2, 0.25) is 0 Å². The maximum atomic E-state index is 12.7. The number of nitriles is 1. The van der Waals surface area contributed by atoms with Gasteiger partial charge in [0.05, 0.1) is 17.3 Å². The number of carbonyl (C=O) groups is 1. The molecular weight excluding hydrogens is 579 g/mol. The number of anilines is 1. The molecule has 0 saturated heterocycles. The average molecular weight is 604 g/mol. The van der Waals surface area contributed by atoms with E-state index in [1.54, 1.807) is 37.4 Å². The van der Waals surface area contributed by atoms with E-state index in [0.29, 0.717) is 41.7 Å². The Hall–Kier alpha value is -4.03. The average Bonchev–Trinajstić information content (AvgIpc) is 2.92. The highest BCUT2D eigenvalue weighted by atomic mass is 127. The molecule has 0 aromatic heterocycles. The molecular formula is C30H25IN2O4. The van der Waals surface area contributed by atoms with Gasteiger partial charge in [0.15, 0.2) is 11.5 Å². The van der Waals surface area contributed by atoms with Crippen molar-refractivity contribution in [2.24, 2.45) is 0 Å². The molecule has 4 aromatic carbocycles. The first-order valence-corrected chi connectivity index (χ1v) is 12.7. The number of hydrogen-bond acceptors (Lipinski definition) is 5. The molecule has 1 N–H and O–H groups in total. The third-order valence-electron chi connectivity index (χ3n) is 5.61. The van der Waals surface area contributed by atoms with Crippen molar-refractivity contribution in [3.8, 4) is 23.3 Å². The summed E-state index contributed by atoms with van der Waals surface area (Å²) in [5.74, 6) is 1.34. The number of carbonyl (C=O) groups excluding carboxylic acids is 1. The highest BCUT2D eigenvalue weighted by molar-refractivity contribution is 14.1. The number of nitrogens with zero attached hydrogens (tertiary/aromatic N) is 1. The molecule has 0 aliphatic heterocycles. The quantitative estimate of drug-likeness (QED) is 0.127. The normalized spacial score (nSPS) is 11.0. The largest absolute Gasteiger partial charge is 0.497 e. The van der Waals surface area contributed by atoms with Crippen LogP contribution in [0.5, 0.6) is 17.2 Å². The van der Waals surface area contributed by atoms with Crippen molar-refractivity contribution in [3.63, 3.8) is 0 Å². The number of benzene rings is 4. The zero-order valence-corrected chi connectivity index (χ0v) is 22.6. The molecule has 0 aliphatic carbocycles. The number of halogens is 1. The Bertz CT molecular complexity index is 1480. The van der Waals surface area contributed by atoms with Gasteiger partial charge in [-0.2, -0.15) is 5.26 Å². The molecule has 1 amide bonds. The van der Waals surface area contributed by atoms with Gasteiger partial charge in [0.1, 0.15) is 24.0 Å². The van der Waals surface area contributed by atoms with Crippen molar-refractivity contribution >= 4 is 51.0 Å². The lowest BCUT2D eigenvalue weighted by atomic mass is 10.1. The highest BCUT2D eigenvalue weighted by Gasteiger charge is 2.15. The van der Waals surface area contributed by atoms with Crippen molar-refractivity contribution in [2.75, 3.05) is 19.0 Å². The van der Waals surface area contributed by atoms with E-state index in [4.69, 9.17) is 14.2 Å². The zero-order valence-electron chi connectivity index (χ0n) is 20.5. The van der Waals surface area contributed by atoms with Gasteiger partial charge >= 0.3 is 0 Å². The predicted octanol–water partition coefficient (Wildman–Crippen LogP) is 6.98. The van der Waals surface area contributed by atoms with E-state index in [2.05, 4.69) is 46.1 Å². The molecule has 0 fully saturated rings. The van der Waals surface area contributed by atoms with Gasteiger partial charge in [0, 0.05) is 5.69 Å². The molecule has 0 saturated carbocycles. The molecule has 0 atom stereocenters. The number of nitrogens with one attached hydrogen (secondary N) is 1. The van der Waals surface area contributed by atoms with Gasteiger partial charge in [0.2, 0.25) is 0 Å². The van der Waals surface area contributed by atoms with Crippen LogP contribution < -0.4 is 19.5 Å². The van der Waals surface area contributed by atoms with Crippen LogP contribution in [0, 0.1) is 14.9 Å². The number of rotatable bonds is 9. The Kier molecular flexibility index (Phi) is 8.64. The minimum absolute atomic E-state index is 0.0292. The standard InChI is InChI=1S/C30H25IN2O4/c1-3-36-28-17-20(15-23(18-32)30(34)33-24-11-13-25(35-2)14-12-24)16-27(31)29(28)37-19-22-9-6-8-21-7-4-5-10-26(21)22/h4-17H,3,19H2,1-2H3,(H,33,34). The van der Waals surface area contributed by atoms with Gasteiger partial charge in [0.25, 0.3) is 5.91 Å². The maximum absolute atomic E-state index is 12.7. The van der Waals surface area contributed by atoms with E-state index in [1.807, 2.05) is 43.3 Å². The fourth-order valence-electron chi connectivity index (χ4n) is 3.83. The predicted molar refractivity (Wildman–Crippen MR) is 154 cm³/mol. The van der Waals surface area contributed by atoms with Crippen LogP contribution in [0.15, 0.2) is 84.4 Å². The van der Waals surface area contributed by atoms with Crippen molar-refractivity contribution < 1.29 is 19.0 Å². The number of methoxy groups -OCH3 is 1.